The molecule has 2 aromatic rings. The highest BCUT2D eigenvalue weighted by molar-refractivity contribution is 5.96. The Morgan fingerprint density at radius 1 is 1.28 bits per heavy atom. The highest BCUT2D eigenvalue weighted by Crippen LogP contribution is 2.18. The first kappa shape index (κ1) is 17.7. The van der Waals surface area contributed by atoms with E-state index in [9.17, 15) is 4.79 Å². The Bertz CT molecular complexity index is 723. The van der Waals surface area contributed by atoms with Crippen LogP contribution in [0.25, 0.3) is 0 Å². The number of nitrogens with zero attached hydrogens (tertiary/aromatic N) is 3. The maximum Gasteiger partial charge on any atom is 0.255 e. The van der Waals surface area contributed by atoms with Gasteiger partial charge in [-0.05, 0) is 44.7 Å². The fourth-order valence-corrected chi connectivity index (χ4v) is 3.73. The minimum atomic E-state index is 0.00304. The molecule has 134 valence electrons. The lowest BCUT2D eigenvalue weighted by Crippen LogP contribution is -2.40. The fraction of sp³-hybridized carbons (Fsp3) is 0.500. The molecule has 1 aliphatic rings. The van der Waals surface area contributed by atoms with E-state index in [-0.39, 0.29) is 5.91 Å². The van der Waals surface area contributed by atoms with Crippen LogP contribution < -0.4 is 5.32 Å². The van der Waals surface area contributed by atoms with Crippen LogP contribution in [0.5, 0.6) is 0 Å². The number of carbonyl (C=O) groups excluding carboxylic acids is 1. The van der Waals surface area contributed by atoms with Gasteiger partial charge in [-0.25, -0.2) is 0 Å². The van der Waals surface area contributed by atoms with Crippen LogP contribution >= 0.6 is 0 Å². The van der Waals surface area contributed by atoms with Crippen LogP contribution in [0.2, 0.25) is 0 Å². The molecule has 0 bridgehead atoms. The average Bonchev–Trinajstić information content (AvgIpc) is 2.86. The van der Waals surface area contributed by atoms with Gasteiger partial charge in [0, 0.05) is 32.4 Å². The molecule has 2 heterocycles. The van der Waals surface area contributed by atoms with E-state index in [0.717, 1.165) is 43.1 Å². The first-order valence-corrected chi connectivity index (χ1v) is 9.09. The molecule has 1 amide bonds. The normalized spacial score (nSPS) is 18.3. The van der Waals surface area contributed by atoms with Crippen molar-refractivity contribution in [2.75, 3.05) is 19.6 Å². The molecule has 5 nitrogen and oxygen atoms in total. The van der Waals surface area contributed by atoms with E-state index < -0.39 is 0 Å². The Labute approximate surface area is 150 Å². The molecule has 3 rings (SSSR count). The molecule has 1 aromatic heterocycles. The van der Waals surface area contributed by atoms with Crippen LogP contribution in [-0.4, -0.2) is 40.2 Å². The third kappa shape index (κ3) is 4.28. The summed E-state index contributed by atoms with van der Waals surface area (Å²) in [5.41, 5.74) is 3.80. The number of rotatable bonds is 5. The van der Waals surface area contributed by atoms with Crippen molar-refractivity contribution in [1.82, 2.24) is 20.0 Å². The average molecular weight is 340 g/mol. The van der Waals surface area contributed by atoms with Crippen molar-refractivity contribution in [2.45, 2.75) is 33.2 Å². The Morgan fingerprint density at radius 2 is 2.04 bits per heavy atom. The van der Waals surface area contributed by atoms with Crippen LogP contribution in [0.3, 0.4) is 0 Å². The molecule has 5 heteroatoms. The highest BCUT2D eigenvalue weighted by Gasteiger charge is 2.22. The Balaban J connectivity index is 1.53. The largest absolute Gasteiger partial charge is 0.352 e. The second kappa shape index (κ2) is 7.83. The van der Waals surface area contributed by atoms with Crippen molar-refractivity contribution >= 4 is 5.91 Å². The van der Waals surface area contributed by atoms with Crippen molar-refractivity contribution in [3.63, 3.8) is 0 Å². The van der Waals surface area contributed by atoms with E-state index in [2.05, 4.69) is 45.6 Å². The second-order valence-electron chi connectivity index (χ2n) is 7.11. The van der Waals surface area contributed by atoms with Crippen molar-refractivity contribution in [3.8, 4) is 0 Å². The summed E-state index contributed by atoms with van der Waals surface area (Å²) in [6.07, 6.45) is 2.37. The van der Waals surface area contributed by atoms with Crippen LogP contribution in [0.4, 0.5) is 0 Å². The first-order chi connectivity index (χ1) is 12.0. The van der Waals surface area contributed by atoms with Crippen molar-refractivity contribution < 1.29 is 4.79 Å². The molecule has 1 saturated heterocycles. The Hall–Kier alpha value is -2.14. The molecule has 1 fully saturated rings. The number of aryl methyl sites for hydroxylation is 2. The number of nitrogens with one attached hydrogen (secondary N) is 1. The summed E-state index contributed by atoms with van der Waals surface area (Å²) in [7, 11) is 1.88. The zero-order valence-corrected chi connectivity index (χ0v) is 15.5. The van der Waals surface area contributed by atoms with Crippen molar-refractivity contribution in [1.29, 1.82) is 0 Å². The summed E-state index contributed by atoms with van der Waals surface area (Å²) in [4.78, 5) is 15.0. The minimum absolute atomic E-state index is 0.00304. The number of likely N-dealkylation sites (tertiary alicyclic amines) is 1. The lowest BCUT2D eigenvalue weighted by Gasteiger charge is -2.32. The molecule has 0 aliphatic carbocycles. The lowest BCUT2D eigenvalue weighted by atomic mass is 9.97. The Morgan fingerprint density at radius 3 is 2.72 bits per heavy atom. The molecular formula is C20H28N4O. The number of piperidine rings is 1. The molecule has 1 atom stereocenters. The molecular weight excluding hydrogens is 312 g/mol. The minimum Gasteiger partial charge on any atom is -0.352 e. The molecule has 0 spiro atoms. The van der Waals surface area contributed by atoms with E-state index in [4.69, 9.17) is 0 Å². The maximum absolute atomic E-state index is 12.5. The van der Waals surface area contributed by atoms with Gasteiger partial charge in [-0.2, -0.15) is 5.10 Å². The third-order valence-electron chi connectivity index (χ3n) is 5.14. The number of hydrogen-bond donors (Lipinski definition) is 1. The number of benzene rings is 1. The highest BCUT2D eigenvalue weighted by atomic mass is 16.1. The monoisotopic (exact) mass is 340 g/mol. The van der Waals surface area contributed by atoms with Gasteiger partial charge >= 0.3 is 0 Å². The van der Waals surface area contributed by atoms with Gasteiger partial charge in [-0.15, -0.1) is 0 Å². The summed E-state index contributed by atoms with van der Waals surface area (Å²) >= 11 is 0. The maximum atomic E-state index is 12.5. The smallest absolute Gasteiger partial charge is 0.255 e. The SMILES string of the molecule is Cc1nn(C)c(C)c1C(=O)NC[C@@H]1CCCN(Cc2ccccc2)C1. The van der Waals surface area contributed by atoms with Gasteiger partial charge in [0.15, 0.2) is 0 Å². The van der Waals surface area contributed by atoms with Crippen LogP contribution in [-0.2, 0) is 13.6 Å². The van der Waals surface area contributed by atoms with Crippen LogP contribution in [0, 0.1) is 19.8 Å². The van der Waals surface area contributed by atoms with Crippen LogP contribution in [0.1, 0.15) is 40.2 Å². The fourth-order valence-electron chi connectivity index (χ4n) is 3.73. The second-order valence-corrected chi connectivity index (χ2v) is 7.11. The van der Waals surface area contributed by atoms with E-state index in [0.29, 0.717) is 5.92 Å². The zero-order valence-electron chi connectivity index (χ0n) is 15.5. The van der Waals surface area contributed by atoms with E-state index in [1.54, 1.807) is 4.68 Å². The lowest BCUT2D eigenvalue weighted by molar-refractivity contribution is 0.0929. The number of carbonyl (C=O) groups is 1. The predicted octanol–water partition coefficient (Wildman–Crippen LogP) is 2.68. The Kier molecular flexibility index (Phi) is 5.53. The molecule has 0 radical (unpaired) electrons. The van der Waals surface area contributed by atoms with Crippen molar-refractivity contribution in [3.05, 3.63) is 52.8 Å². The number of amides is 1. The summed E-state index contributed by atoms with van der Waals surface area (Å²) in [5, 5.41) is 7.46. The summed E-state index contributed by atoms with van der Waals surface area (Å²) in [6, 6.07) is 10.6. The van der Waals surface area contributed by atoms with Crippen molar-refractivity contribution in [2.24, 2.45) is 13.0 Å². The van der Waals surface area contributed by atoms with Gasteiger partial charge < -0.3 is 5.32 Å². The van der Waals surface area contributed by atoms with Gasteiger partial charge in [0.1, 0.15) is 0 Å². The summed E-state index contributed by atoms with van der Waals surface area (Å²) in [5.74, 6) is 0.516. The topological polar surface area (TPSA) is 50.2 Å². The third-order valence-corrected chi connectivity index (χ3v) is 5.14. The predicted molar refractivity (Wildman–Crippen MR) is 99.5 cm³/mol. The molecule has 0 saturated carbocycles. The molecule has 0 unspecified atom stereocenters. The van der Waals surface area contributed by atoms with E-state index >= 15 is 0 Å². The van der Waals surface area contributed by atoms with E-state index in [1.165, 1.54) is 18.4 Å². The molecule has 25 heavy (non-hydrogen) atoms. The van der Waals surface area contributed by atoms with Gasteiger partial charge in [0.05, 0.1) is 11.3 Å². The summed E-state index contributed by atoms with van der Waals surface area (Å²) in [6.45, 7) is 7.74. The van der Waals surface area contributed by atoms with Gasteiger partial charge in [0.2, 0.25) is 0 Å². The number of aromatic nitrogens is 2. The van der Waals surface area contributed by atoms with Crippen LogP contribution in [0.15, 0.2) is 30.3 Å². The van der Waals surface area contributed by atoms with E-state index in [1.807, 2.05) is 20.9 Å². The van der Waals surface area contributed by atoms with Gasteiger partial charge in [-0.1, -0.05) is 30.3 Å². The summed E-state index contributed by atoms with van der Waals surface area (Å²) < 4.78 is 1.77. The molecule has 1 N–H and O–H groups in total. The molecule has 1 aliphatic heterocycles. The first-order valence-electron chi connectivity index (χ1n) is 9.09. The number of hydrogen-bond acceptors (Lipinski definition) is 3. The quantitative estimate of drug-likeness (QED) is 0.910. The standard InChI is InChI=1S/C20H28N4O/c1-15-19(16(2)23(3)22-15)20(25)21-12-18-10-7-11-24(14-18)13-17-8-5-4-6-9-17/h4-6,8-9,18H,7,10-14H2,1-3H3,(H,21,25)/t18-/m0/s1. The molecule has 1 aromatic carbocycles. The zero-order chi connectivity index (χ0) is 17.8. The van der Waals surface area contributed by atoms with Gasteiger partial charge in [-0.3, -0.25) is 14.4 Å². The van der Waals surface area contributed by atoms with Gasteiger partial charge in [0.25, 0.3) is 5.91 Å².